The van der Waals surface area contributed by atoms with Crippen molar-refractivity contribution in [2.75, 3.05) is 18.0 Å². The third-order valence-electron chi connectivity index (χ3n) is 4.22. The standard InChI is InChI=1S/C20H22N2O2S/c1-2-17-20(24)22(16-10-6-7-11-18(16)25-17)14-19(23)21-13-12-15-8-4-3-5-9-15/h3-11,17H,2,12-14H2,1H3,(H,21,23)/t17-/m1/s1. The second-order valence-electron chi connectivity index (χ2n) is 5.99. The molecule has 0 bridgehead atoms. The topological polar surface area (TPSA) is 49.4 Å². The van der Waals surface area contributed by atoms with Crippen LogP contribution >= 0.6 is 11.8 Å². The zero-order chi connectivity index (χ0) is 17.6. The summed E-state index contributed by atoms with van der Waals surface area (Å²) < 4.78 is 0. The summed E-state index contributed by atoms with van der Waals surface area (Å²) in [5, 5.41) is 2.80. The Kier molecular flexibility index (Phi) is 5.76. The molecule has 0 saturated carbocycles. The lowest BCUT2D eigenvalue weighted by Crippen LogP contribution is -2.46. The SMILES string of the molecule is CC[C@H]1Sc2ccccc2N(CC(=O)NCCc2ccccc2)C1=O. The lowest BCUT2D eigenvalue weighted by atomic mass is 10.1. The number of fused-ring (bicyclic) bond motifs is 1. The predicted octanol–water partition coefficient (Wildman–Crippen LogP) is 3.26. The summed E-state index contributed by atoms with van der Waals surface area (Å²) in [5.41, 5.74) is 2.02. The first-order valence-electron chi connectivity index (χ1n) is 8.56. The van der Waals surface area contributed by atoms with E-state index in [-0.39, 0.29) is 23.6 Å². The van der Waals surface area contributed by atoms with Crippen molar-refractivity contribution in [1.29, 1.82) is 0 Å². The van der Waals surface area contributed by atoms with Gasteiger partial charge in [0.15, 0.2) is 0 Å². The molecule has 4 nitrogen and oxygen atoms in total. The van der Waals surface area contributed by atoms with Crippen molar-refractivity contribution in [3.63, 3.8) is 0 Å². The van der Waals surface area contributed by atoms with Gasteiger partial charge in [0.1, 0.15) is 6.54 Å². The molecule has 2 aromatic rings. The number of amides is 2. The fourth-order valence-electron chi connectivity index (χ4n) is 2.89. The first-order chi connectivity index (χ1) is 12.2. The normalized spacial score (nSPS) is 16.4. The van der Waals surface area contributed by atoms with E-state index in [9.17, 15) is 9.59 Å². The maximum Gasteiger partial charge on any atom is 0.240 e. The molecule has 0 aliphatic carbocycles. The highest BCUT2D eigenvalue weighted by molar-refractivity contribution is 8.01. The highest BCUT2D eigenvalue weighted by Gasteiger charge is 2.33. The molecule has 0 saturated heterocycles. The van der Waals surface area contributed by atoms with Gasteiger partial charge < -0.3 is 10.2 Å². The molecule has 0 unspecified atom stereocenters. The van der Waals surface area contributed by atoms with Gasteiger partial charge in [0.2, 0.25) is 11.8 Å². The summed E-state index contributed by atoms with van der Waals surface area (Å²) in [6.45, 7) is 2.64. The van der Waals surface area contributed by atoms with E-state index in [1.54, 1.807) is 16.7 Å². The van der Waals surface area contributed by atoms with E-state index in [2.05, 4.69) is 5.32 Å². The molecule has 25 heavy (non-hydrogen) atoms. The van der Waals surface area contributed by atoms with Crippen LogP contribution in [0.25, 0.3) is 0 Å². The van der Waals surface area contributed by atoms with E-state index in [1.807, 2.05) is 61.5 Å². The molecule has 1 heterocycles. The molecule has 5 heteroatoms. The van der Waals surface area contributed by atoms with E-state index >= 15 is 0 Å². The number of para-hydroxylation sites is 1. The molecule has 2 amide bonds. The molecule has 1 atom stereocenters. The molecule has 3 rings (SSSR count). The van der Waals surface area contributed by atoms with Crippen LogP contribution in [0.15, 0.2) is 59.5 Å². The summed E-state index contributed by atoms with van der Waals surface area (Å²) in [6.07, 6.45) is 1.54. The Balaban J connectivity index is 1.62. The zero-order valence-electron chi connectivity index (χ0n) is 14.3. The van der Waals surface area contributed by atoms with Gasteiger partial charge in [0.05, 0.1) is 10.9 Å². The second kappa shape index (κ2) is 8.21. The Bertz CT molecular complexity index is 748. The number of rotatable bonds is 6. The highest BCUT2D eigenvalue weighted by atomic mass is 32.2. The minimum Gasteiger partial charge on any atom is -0.354 e. The predicted molar refractivity (Wildman–Crippen MR) is 102 cm³/mol. The number of anilines is 1. The Morgan fingerprint density at radius 2 is 1.84 bits per heavy atom. The average molecular weight is 354 g/mol. The summed E-state index contributed by atoms with van der Waals surface area (Å²) in [5.74, 6) is -0.106. The Morgan fingerprint density at radius 1 is 1.12 bits per heavy atom. The zero-order valence-corrected chi connectivity index (χ0v) is 15.1. The number of carbonyl (C=O) groups is 2. The molecule has 0 fully saturated rings. The van der Waals surface area contributed by atoms with Gasteiger partial charge in [-0.3, -0.25) is 9.59 Å². The second-order valence-corrected chi connectivity index (χ2v) is 7.24. The number of hydrogen-bond acceptors (Lipinski definition) is 3. The van der Waals surface area contributed by atoms with Crippen molar-refractivity contribution in [2.45, 2.75) is 29.9 Å². The fraction of sp³-hybridized carbons (Fsp3) is 0.300. The first-order valence-corrected chi connectivity index (χ1v) is 9.44. The fourth-order valence-corrected chi connectivity index (χ4v) is 4.04. The van der Waals surface area contributed by atoms with Crippen molar-refractivity contribution >= 4 is 29.3 Å². The third kappa shape index (κ3) is 4.23. The molecule has 1 aliphatic heterocycles. The molecule has 1 N–H and O–H groups in total. The molecular weight excluding hydrogens is 332 g/mol. The molecule has 0 radical (unpaired) electrons. The Labute approximate surface area is 152 Å². The number of hydrogen-bond donors (Lipinski definition) is 1. The largest absolute Gasteiger partial charge is 0.354 e. The van der Waals surface area contributed by atoms with Crippen molar-refractivity contribution < 1.29 is 9.59 Å². The molecule has 130 valence electrons. The van der Waals surface area contributed by atoms with Crippen LogP contribution in [-0.2, 0) is 16.0 Å². The monoisotopic (exact) mass is 354 g/mol. The van der Waals surface area contributed by atoms with Crippen LogP contribution in [0.3, 0.4) is 0 Å². The smallest absolute Gasteiger partial charge is 0.240 e. The van der Waals surface area contributed by atoms with E-state index in [0.717, 1.165) is 23.4 Å². The summed E-state index contributed by atoms with van der Waals surface area (Å²) in [7, 11) is 0. The van der Waals surface area contributed by atoms with Crippen LogP contribution < -0.4 is 10.2 Å². The van der Waals surface area contributed by atoms with Gasteiger partial charge in [-0.2, -0.15) is 0 Å². The summed E-state index contributed by atoms with van der Waals surface area (Å²) >= 11 is 1.59. The maximum atomic E-state index is 12.7. The van der Waals surface area contributed by atoms with Gasteiger partial charge in [-0.05, 0) is 30.5 Å². The Hall–Kier alpha value is -2.27. The number of thioether (sulfide) groups is 1. The van der Waals surface area contributed by atoms with E-state index < -0.39 is 0 Å². The van der Waals surface area contributed by atoms with Crippen LogP contribution in [-0.4, -0.2) is 30.2 Å². The number of nitrogens with one attached hydrogen (secondary N) is 1. The van der Waals surface area contributed by atoms with Gasteiger partial charge >= 0.3 is 0 Å². The molecular formula is C20H22N2O2S. The average Bonchev–Trinajstić information content (AvgIpc) is 2.64. The van der Waals surface area contributed by atoms with E-state index in [1.165, 1.54) is 5.56 Å². The minimum absolute atomic E-state index is 0.0180. The number of nitrogens with zero attached hydrogens (tertiary/aromatic N) is 1. The van der Waals surface area contributed by atoms with Crippen molar-refractivity contribution in [2.24, 2.45) is 0 Å². The van der Waals surface area contributed by atoms with E-state index in [0.29, 0.717) is 6.54 Å². The maximum absolute atomic E-state index is 12.7. The first kappa shape index (κ1) is 17.5. The highest BCUT2D eigenvalue weighted by Crippen LogP contribution is 2.39. The van der Waals surface area contributed by atoms with Gasteiger partial charge in [-0.15, -0.1) is 11.8 Å². The molecule has 0 spiro atoms. The summed E-state index contributed by atoms with van der Waals surface area (Å²) in [6, 6.07) is 17.8. The van der Waals surface area contributed by atoms with Crippen molar-refractivity contribution in [3.8, 4) is 0 Å². The molecule has 0 aromatic heterocycles. The van der Waals surface area contributed by atoms with E-state index in [4.69, 9.17) is 0 Å². The van der Waals surface area contributed by atoms with Crippen LogP contribution in [0.1, 0.15) is 18.9 Å². The van der Waals surface area contributed by atoms with Crippen LogP contribution in [0.2, 0.25) is 0 Å². The lowest BCUT2D eigenvalue weighted by molar-refractivity contribution is -0.123. The Morgan fingerprint density at radius 3 is 2.60 bits per heavy atom. The quantitative estimate of drug-likeness (QED) is 0.866. The van der Waals surface area contributed by atoms with Gasteiger partial charge in [-0.25, -0.2) is 0 Å². The summed E-state index contributed by atoms with van der Waals surface area (Å²) in [4.78, 5) is 27.7. The van der Waals surface area contributed by atoms with Crippen LogP contribution in [0.4, 0.5) is 5.69 Å². The van der Waals surface area contributed by atoms with Gasteiger partial charge in [-0.1, -0.05) is 49.4 Å². The molecule has 1 aliphatic rings. The lowest BCUT2D eigenvalue weighted by Gasteiger charge is -2.32. The van der Waals surface area contributed by atoms with Gasteiger partial charge in [0, 0.05) is 11.4 Å². The van der Waals surface area contributed by atoms with Crippen LogP contribution in [0.5, 0.6) is 0 Å². The molecule has 2 aromatic carbocycles. The van der Waals surface area contributed by atoms with Crippen LogP contribution in [0, 0.1) is 0 Å². The van der Waals surface area contributed by atoms with Gasteiger partial charge in [0.25, 0.3) is 0 Å². The minimum atomic E-state index is -0.124. The number of carbonyl (C=O) groups excluding carboxylic acids is 2. The third-order valence-corrected chi connectivity index (χ3v) is 5.64. The van der Waals surface area contributed by atoms with Crippen molar-refractivity contribution in [3.05, 3.63) is 60.2 Å². The number of benzene rings is 2. The van der Waals surface area contributed by atoms with Crippen molar-refractivity contribution in [1.82, 2.24) is 5.32 Å².